The van der Waals surface area contributed by atoms with Crippen LogP contribution in [0.15, 0.2) is 47.1 Å². The monoisotopic (exact) mass is 290 g/mol. The van der Waals surface area contributed by atoms with Crippen molar-refractivity contribution in [2.45, 2.75) is 6.92 Å². The molecule has 0 saturated heterocycles. The first kappa shape index (κ1) is 11.8. The van der Waals surface area contributed by atoms with E-state index in [4.69, 9.17) is 0 Å². The van der Waals surface area contributed by atoms with Crippen LogP contribution in [-0.4, -0.2) is 10.8 Å². The molecule has 0 bridgehead atoms. The predicted molar refractivity (Wildman–Crippen MR) is 71.7 cm³/mol. The molecule has 0 atom stereocenters. The number of benzene rings is 1. The quantitative estimate of drug-likeness (QED) is 0.875. The molecular formula is C13H11BrN2O. The lowest BCUT2D eigenvalue weighted by atomic mass is 10.1. The van der Waals surface area contributed by atoms with Crippen molar-refractivity contribution in [2.24, 2.45) is 0 Å². The van der Waals surface area contributed by atoms with E-state index in [1.807, 2.05) is 30.3 Å². The summed E-state index contributed by atoms with van der Waals surface area (Å²) in [7, 11) is 0. The zero-order valence-corrected chi connectivity index (χ0v) is 10.9. The summed E-state index contributed by atoms with van der Waals surface area (Å²) >= 11 is 3.39. The zero-order chi connectivity index (χ0) is 12.3. The molecule has 1 heterocycles. The first-order chi connectivity index (χ1) is 8.16. The summed E-state index contributed by atoms with van der Waals surface area (Å²) in [5, 5.41) is 3.13. The summed E-state index contributed by atoms with van der Waals surface area (Å²) in [6, 6.07) is 11.1. The summed E-state index contributed by atoms with van der Waals surface area (Å²) in [6.45, 7) is 1.55. The van der Waals surface area contributed by atoms with Gasteiger partial charge in [-0.2, -0.15) is 0 Å². The van der Waals surface area contributed by atoms with Crippen molar-refractivity contribution < 1.29 is 4.79 Å². The van der Waals surface area contributed by atoms with Crippen LogP contribution < -0.4 is 5.32 Å². The Bertz CT molecular complexity index is 540. The Kier molecular flexibility index (Phi) is 3.54. The molecule has 0 saturated carbocycles. The van der Waals surface area contributed by atoms with E-state index in [0.717, 1.165) is 10.2 Å². The van der Waals surface area contributed by atoms with E-state index in [1.165, 1.54) is 0 Å². The molecule has 0 fully saturated rings. The lowest BCUT2D eigenvalue weighted by Gasteiger charge is -2.09. The first-order valence-corrected chi connectivity index (χ1v) is 5.94. The summed E-state index contributed by atoms with van der Waals surface area (Å²) in [5.74, 6) is 0.740. The number of carbonyl (C=O) groups is 1. The SMILES string of the molecule is CC(=O)c1ccc(Br)cc1Nc1ccccn1. The highest BCUT2D eigenvalue weighted by Crippen LogP contribution is 2.24. The van der Waals surface area contributed by atoms with Crippen LogP contribution in [0.25, 0.3) is 0 Å². The van der Waals surface area contributed by atoms with Crippen molar-refractivity contribution >= 4 is 33.2 Å². The largest absolute Gasteiger partial charge is 0.340 e. The Morgan fingerprint density at radius 3 is 2.76 bits per heavy atom. The van der Waals surface area contributed by atoms with Crippen molar-refractivity contribution in [3.05, 3.63) is 52.6 Å². The molecule has 0 aliphatic rings. The number of carbonyl (C=O) groups excluding carboxylic acids is 1. The van der Waals surface area contributed by atoms with Gasteiger partial charge in [0.2, 0.25) is 0 Å². The molecule has 1 aromatic carbocycles. The van der Waals surface area contributed by atoms with E-state index in [-0.39, 0.29) is 5.78 Å². The van der Waals surface area contributed by atoms with Crippen molar-refractivity contribution in [1.29, 1.82) is 0 Å². The van der Waals surface area contributed by atoms with Crippen LogP contribution in [0.3, 0.4) is 0 Å². The van der Waals surface area contributed by atoms with E-state index < -0.39 is 0 Å². The van der Waals surface area contributed by atoms with Crippen molar-refractivity contribution in [1.82, 2.24) is 4.98 Å². The summed E-state index contributed by atoms with van der Waals surface area (Å²) in [4.78, 5) is 15.7. The van der Waals surface area contributed by atoms with Gasteiger partial charge in [0.15, 0.2) is 5.78 Å². The first-order valence-electron chi connectivity index (χ1n) is 5.15. The molecule has 1 N–H and O–H groups in total. The normalized spacial score (nSPS) is 10.0. The minimum atomic E-state index is 0.0240. The third kappa shape index (κ3) is 2.91. The number of Topliss-reactive ketones (excluding diaryl/α,β-unsaturated/α-hetero) is 1. The average Bonchev–Trinajstić information content (AvgIpc) is 2.30. The van der Waals surface area contributed by atoms with Crippen LogP contribution in [0.2, 0.25) is 0 Å². The molecule has 4 heteroatoms. The molecule has 0 unspecified atom stereocenters. The fraction of sp³-hybridized carbons (Fsp3) is 0.0769. The van der Waals surface area contributed by atoms with Crippen LogP contribution in [0.4, 0.5) is 11.5 Å². The second-order valence-electron chi connectivity index (χ2n) is 3.59. The number of ketones is 1. The number of nitrogens with zero attached hydrogens (tertiary/aromatic N) is 1. The second-order valence-corrected chi connectivity index (χ2v) is 4.50. The minimum Gasteiger partial charge on any atom is -0.340 e. The summed E-state index contributed by atoms with van der Waals surface area (Å²) in [6.07, 6.45) is 1.70. The van der Waals surface area contributed by atoms with Gasteiger partial charge in [-0.1, -0.05) is 22.0 Å². The number of hydrogen-bond donors (Lipinski definition) is 1. The molecule has 1 aromatic heterocycles. The van der Waals surface area contributed by atoms with Gasteiger partial charge >= 0.3 is 0 Å². The van der Waals surface area contributed by atoms with Crippen LogP contribution in [0, 0.1) is 0 Å². The topological polar surface area (TPSA) is 42.0 Å². The maximum atomic E-state index is 11.5. The number of halogens is 1. The van der Waals surface area contributed by atoms with E-state index in [0.29, 0.717) is 11.4 Å². The van der Waals surface area contributed by atoms with Crippen molar-refractivity contribution in [3.8, 4) is 0 Å². The predicted octanol–water partition coefficient (Wildman–Crippen LogP) is 3.79. The Hall–Kier alpha value is -1.68. The van der Waals surface area contributed by atoms with E-state index in [2.05, 4.69) is 26.2 Å². The van der Waals surface area contributed by atoms with Gasteiger partial charge < -0.3 is 5.32 Å². The van der Waals surface area contributed by atoms with Gasteiger partial charge in [0, 0.05) is 16.2 Å². The van der Waals surface area contributed by atoms with Gasteiger partial charge in [-0.05, 0) is 37.3 Å². The Balaban J connectivity index is 2.37. The summed E-state index contributed by atoms with van der Waals surface area (Å²) in [5.41, 5.74) is 1.41. The van der Waals surface area contributed by atoms with Gasteiger partial charge in [0.1, 0.15) is 5.82 Å². The molecular weight excluding hydrogens is 280 g/mol. The maximum Gasteiger partial charge on any atom is 0.161 e. The lowest BCUT2D eigenvalue weighted by Crippen LogP contribution is -2.01. The molecule has 86 valence electrons. The molecule has 2 aromatic rings. The smallest absolute Gasteiger partial charge is 0.161 e. The summed E-state index contributed by atoms with van der Waals surface area (Å²) < 4.78 is 0.918. The molecule has 0 aliphatic heterocycles. The van der Waals surface area contributed by atoms with Crippen molar-refractivity contribution in [2.75, 3.05) is 5.32 Å². The second kappa shape index (κ2) is 5.10. The highest BCUT2D eigenvalue weighted by Gasteiger charge is 2.08. The molecule has 2 rings (SSSR count). The van der Waals surface area contributed by atoms with Crippen LogP contribution in [0.1, 0.15) is 17.3 Å². The lowest BCUT2D eigenvalue weighted by molar-refractivity contribution is 0.101. The standard InChI is InChI=1S/C13H11BrN2O/c1-9(17)11-6-5-10(14)8-12(11)16-13-4-2-3-7-15-13/h2-8H,1H3,(H,15,16). The molecule has 0 radical (unpaired) electrons. The third-order valence-electron chi connectivity index (χ3n) is 2.29. The van der Waals surface area contributed by atoms with Crippen LogP contribution >= 0.6 is 15.9 Å². The maximum absolute atomic E-state index is 11.5. The van der Waals surface area contributed by atoms with Gasteiger partial charge in [-0.15, -0.1) is 0 Å². The number of anilines is 2. The Morgan fingerprint density at radius 1 is 1.29 bits per heavy atom. The highest BCUT2D eigenvalue weighted by molar-refractivity contribution is 9.10. The van der Waals surface area contributed by atoms with Gasteiger partial charge in [0.25, 0.3) is 0 Å². The van der Waals surface area contributed by atoms with Crippen LogP contribution in [-0.2, 0) is 0 Å². The molecule has 17 heavy (non-hydrogen) atoms. The fourth-order valence-corrected chi connectivity index (χ4v) is 1.86. The average molecular weight is 291 g/mol. The van der Waals surface area contributed by atoms with Gasteiger partial charge in [-0.3, -0.25) is 4.79 Å². The minimum absolute atomic E-state index is 0.0240. The van der Waals surface area contributed by atoms with Crippen LogP contribution in [0.5, 0.6) is 0 Å². The van der Waals surface area contributed by atoms with E-state index in [1.54, 1.807) is 19.2 Å². The Morgan fingerprint density at radius 2 is 2.12 bits per heavy atom. The van der Waals surface area contributed by atoms with Gasteiger partial charge in [0.05, 0.1) is 5.69 Å². The number of aromatic nitrogens is 1. The molecule has 0 spiro atoms. The number of nitrogens with one attached hydrogen (secondary N) is 1. The zero-order valence-electron chi connectivity index (χ0n) is 9.27. The van der Waals surface area contributed by atoms with E-state index >= 15 is 0 Å². The molecule has 3 nitrogen and oxygen atoms in total. The van der Waals surface area contributed by atoms with Gasteiger partial charge in [-0.25, -0.2) is 4.98 Å². The number of pyridine rings is 1. The fourth-order valence-electron chi connectivity index (χ4n) is 1.50. The molecule has 0 amide bonds. The highest BCUT2D eigenvalue weighted by atomic mass is 79.9. The molecule has 0 aliphatic carbocycles. The Labute approximate surface area is 108 Å². The number of hydrogen-bond acceptors (Lipinski definition) is 3. The van der Waals surface area contributed by atoms with Crippen molar-refractivity contribution in [3.63, 3.8) is 0 Å². The number of rotatable bonds is 3. The third-order valence-corrected chi connectivity index (χ3v) is 2.78. The van der Waals surface area contributed by atoms with E-state index in [9.17, 15) is 4.79 Å².